The Morgan fingerprint density at radius 3 is 2.85 bits per heavy atom. The third-order valence-corrected chi connectivity index (χ3v) is 4.60. The fraction of sp³-hybridized carbons (Fsp3) is 0.318. The molecule has 0 aromatic heterocycles. The second-order valence-corrected chi connectivity index (χ2v) is 6.39. The summed E-state index contributed by atoms with van der Waals surface area (Å²) in [7, 11) is 0. The number of rotatable bonds is 4. The molecule has 0 unspecified atom stereocenters. The summed E-state index contributed by atoms with van der Waals surface area (Å²) in [5.41, 5.74) is 3.76. The number of nitrogens with zero attached hydrogens (tertiary/aromatic N) is 1. The second-order valence-electron chi connectivity index (χ2n) is 6.39. The highest BCUT2D eigenvalue weighted by molar-refractivity contribution is 6.07. The normalized spacial score (nSPS) is 21.3. The van der Waals surface area contributed by atoms with Gasteiger partial charge in [-0.2, -0.15) is 0 Å². The van der Waals surface area contributed by atoms with E-state index in [4.69, 9.17) is 9.47 Å². The molecule has 4 heteroatoms. The van der Waals surface area contributed by atoms with Crippen LogP contribution < -0.4 is 0 Å². The summed E-state index contributed by atoms with van der Waals surface area (Å²) in [6.07, 6.45) is 16.0. The zero-order valence-corrected chi connectivity index (χ0v) is 15.2. The van der Waals surface area contributed by atoms with Crippen LogP contribution in [-0.2, 0) is 14.3 Å². The number of ether oxygens (including phenoxy) is 2. The Hall–Kier alpha value is -2.59. The highest BCUT2D eigenvalue weighted by Crippen LogP contribution is 2.29. The van der Waals surface area contributed by atoms with Crippen molar-refractivity contribution < 1.29 is 14.3 Å². The first-order valence-corrected chi connectivity index (χ1v) is 8.98. The monoisotopic (exact) mass is 351 g/mol. The zero-order valence-electron chi connectivity index (χ0n) is 15.2. The van der Waals surface area contributed by atoms with Crippen LogP contribution in [0.25, 0.3) is 0 Å². The summed E-state index contributed by atoms with van der Waals surface area (Å²) in [5.74, 6) is 0.650. The first-order chi connectivity index (χ1) is 12.7. The summed E-state index contributed by atoms with van der Waals surface area (Å²) >= 11 is 0. The third kappa shape index (κ3) is 4.33. The topological polar surface area (TPSA) is 38.8 Å². The molecule has 0 saturated carbocycles. The molecule has 0 radical (unpaired) electrons. The maximum atomic E-state index is 12.7. The van der Waals surface area contributed by atoms with Gasteiger partial charge in [0.25, 0.3) is 0 Å². The molecule has 0 aromatic carbocycles. The number of ketones is 1. The van der Waals surface area contributed by atoms with E-state index < -0.39 is 0 Å². The predicted molar refractivity (Wildman–Crippen MR) is 103 cm³/mol. The lowest BCUT2D eigenvalue weighted by Gasteiger charge is -2.30. The van der Waals surface area contributed by atoms with Crippen molar-refractivity contribution in [3.8, 4) is 0 Å². The molecule has 4 nitrogen and oxygen atoms in total. The van der Waals surface area contributed by atoms with Crippen LogP contribution in [0.15, 0.2) is 83.4 Å². The smallest absolute Gasteiger partial charge is 0.193 e. The summed E-state index contributed by atoms with van der Waals surface area (Å²) < 4.78 is 11.4. The van der Waals surface area contributed by atoms with Crippen LogP contribution >= 0.6 is 0 Å². The SMILES string of the molecule is C=C(C=CC=CC)C1=CC=CC2=C(COC(N3CCOCC3)=CC2=O)C1. The number of hydrogen-bond acceptors (Lipinski definition) is 4. The maximum absolute atomic E-state index is 12.7. The molecular formula is C22H25NO3. The third-order valence-electron chi connectivity index (χ3n) is 4.60. The van der Waals surface area contributed by atoms with E-state index in [0.717, 1.165) is 35.4 Å². The van der Waals surface area contributed by atoms with Gasteiger partial charge in [0.1, 0.15) is 6.61 Å². The molecule has 26 heavy (non-hydrogen) atoms. The number of carbonyl (C=O) groups excluding carboxylic acids is 1. The lowest BCUT2D eigenvalue weighted by atomic mass is 9.96. The van der Waals surface area contributed by atoms with E-state index in [2.05, 4.69) is 11.5 Å². The van der Waals surface area contributed by atoms with Crippen LogP contribution in [-0.4, -0.2) is 43.6 Å². The van der Waals surface area contributed by atoms with Crippen LogP contribution in [0.2, 0.25) is 0 Å². The standard InChI is InChI=1S/C22H25NO3/c1-3-4-5-7-17(2)18-8-6-9-20-19(14-18)16-26-22(15-21(20)24)23-10-12-25-13-11-23/h3-9,15H,2,10-14,16H2,1H3. The lowest BCUT2D eigenvalue weighted by Crippen LogP contribution is -2.36. The molecule has 3 rings (SSSR count). The molecule has 0 spiro atoms. The average Bonchev–Trinajstić information content (AvgIpc) is 2.96. The number of carbonyl (C=O) groups is 1. The molecule has 3 aliphatic rings. The Kier molecular flexibility index (Phi) is 6.08. The highest BCUT2D eigenvalue weighted by Gasteiger charge is 2.24. The van der Waals surface area contributed by atoms with Crippen molar-refractivity contribution in [2.24, 2.45) is 0 Å². The zero-order chi connectivity index (χ0) is 18.4. The summed E-state index contributed by atoms with van der Waals surface area (Å²) in [6, 6.07) is 0. The van der Waals surface area contributed by atoms with Gasteiger partial charge in [-0.25, -0.2) is 0 Å². The van der Waals surface area contributed by atoms with Gasteiger partial charge in [-0.3, -0.25) is 4.79 Å². The van der Waals surface area contributed by atoms with E-state index in [1.165, 1.54) is 0 Å². The van der Waals surface area contributed by atoms with E-state index in [-0.39, 0.29) is 5.78 Å². The fourth-order valence-corrected chi connectivity index (χ4v) is 3.12. The van der Waals surface area contributed by atoms with Gasteiger partial charge >= 0.3 is 0 Å². The quantitative estimate of drug-likeness (QED) is 0.725. The Morgan fingerprint density at radius 2 is 2.08 bits per heavy atom. The Balaban J connectivity index is 1.75. The van der Waals surface area contributed by atoms with Gasteiger partial charge in [-0.05, 0) is 30.1 Å². The Morgan fingerprint density at radius 1 is 1.27 bits per heavy atom. The van der Waals surface area contributed by atoms with Crippen LogP contribution in [0.1, 0.15) is 13.3 Å². The predicted octanol–water partition coefficient (Wildman–Crippen LogP) is 3.63. The number of morpholine rings is 1. The molecule has 0 aromatic rings. The Bertz CT molecular complexity index is 756. The average molecular weight is 351 g/mol. The molecule has 0 atom stereocenters. The molecule has 0 amide bonds. The molecule has 0 bridgehead atoms. The van der Waals surface area contributed by atoms with Gasteiger partial charge < -0.3 is 14.4 Å². The van der Waals surface area contributed by atoms with Gasteiger partial charge in [-0.1, -0.05) is 49.1 Å². The van der Waals surface area contributed by atoms with Crippen molar-refractivity contribution >= 4 is 5.78 Å². The van der Waals surface area contributed by atoms with Crippen LogP contribution in [0, 0.1) is 0 Å². The largest absolute Gasteiger partial charge is 0.474 e. The number of hydrogen-bond donors (Lipinski definition) is 0. The number of allylic oxidation sites excluding steroid dienone is 11. The molecule has 0 N–H and O–H groups in total. The highest BCUT2D eigenvalue weighted by atomic mass is 16.5. The maximum Gasteiger partial charge on any atom is 0.193 e. The first kappa shape index (κ1) is 18.2. The van der Waals surface area contributed by atoms with Crippen molar-refractivity contribution in [2.75, 3.05) is 32.9 Å². The van der Waals surface area contributed by atoms with E-state index in [1.54, 1.807) is 6.08 Å². The van der Waals surface area contributed by atoms with Crippen LogP contribution in [0.3, 0.4) is 0 Å². The van der Waals surface area contributed by atoms with Crippen molar-refractivity contribution in [3.05, 3.63) is 83.4 Å². The molecule has 1 saturated heterocycles. The van der Waals surface area contributed by atoms with E-state index >= 15 is 0 Å². The molecule has 2 heterocycles. The van der Waals surface area contributed by atoms with Gasteiger partial charge in [0.15, 0.2) is 11.7 Å². The molecule has 2 aliphatic heterocycles. The molecule has 1 aliphatic carbocycles. The first-order valence-electron chi connectivity index (χ1n) is 8.98. The van der Waals surface area contributed by atoms with Crippen molar-refractivity contribution in [1.29, 1.82) is 0 Å². The van der Waals surface area contributed by atoms with Crippen molar-refractivity contribution in [3.63, 3.8) is 0 Å². The van der Waals surface area contributed by atoms with Gasteiger partial charge in [-0.15, -0.1) is 0 Å². The fourth-order valence-electron chi connectivity index (χ4n) is 3.12. The molecule has 136 valence electrons. The van der Waals surface area contributed by atoms with Gasteiger partial charge in [0.2, 0.25) is 0 Å². The van der Waals surface area contributed by atoms with Crippen LogP contribution in [0.4, 0.5) is 0 Å². The minimum atomic E-state index is -0.0000347. The van der Waals surface area contributed by atoms with E-state index in [9.17, 15) is 4.79 Å². The molecular weight excluding hydrogens is 326 g/mol. The summed E-state index contributed by atoms with van der Waals surface area (Å²) in [5, 5.41) is 0. The minimum Gasteiger partial charge on any atom is -0.474 e. The minimum absolute atomic E-state index is 0.0000347. The van der Waals surface area contributed by atoms with E-state index in [0.29, 0.717) is 32.1 Å². The van der Waals surface area contributed by atoms with Gasteiger partial charge in [0.05, 0.1) is 13.2 Å². The summed E-state index contributed by atoms with van der Waals surface area (Å²) in [4.78, 5) is 14.8. The van der Waals surface area contributed by atoms with Gasteiger partial charge in [0, 0.05) is 24.7 Å². The van der Waals surface area contributed by atoms with Crippen LogP contribution in [0.5, 0.6) is 0 Å². The van der Waals surface area contributed by atoms with E-state index in [1.807, 2.05) is 49.5 Å². The Labute approximate surface area is 155 Å². The summed E-state index contributed by atoms with van der Waals surface area (Å²) in [6.45, 7) is 9.36. The van der Waals surface area contributed by atoms with Crippen molar-refractivity contribution in [2.45, 2.75) is 13.3 Å². The molecule has 1 fully saturated rings. The lowest BCUT2D eigenvalue weighted by molar-refractivity contribution is -0.111. The van der Waals surface area contributed by atoms with Crippen molar-refractivity contribution in [1.82, 2.24) is 4.90 Å². The second kappa shape index (κ2) is 8.68.